The lowest BCUT2D eigenvalue weighted by Gasteiger charge is -2.29. The predicted octanol–water partition coefficient (Wildman–Crippen LogP) is 0.407. The summed E-state index contributed by atoms with van der Waals surface area (Å²) < 4.78 is 0. The highest BCUT2D eigenvalue weighted by atomic mass is 35.5. The number of anilines is 1. The molecule has 0 saturated carbocycles. The van der Waals surface area contributed by atoms with Gasteiger partial charge in [-0.3, -0.25) is 19.7 Å². The Hall–Kier alpha value is -2.12. The highest BCUT2D eigenvalue weighted by Gasteiger charge is 2.39. The number of carbonyl (C=O) groups is 3. The zero-order valence-electron chi connectivity index (χ0n) is 13.7. The quantitative estimate of drug-likeness (QED) is 0.741. The standard InChI is InChI=1S/C17H20N4O3.ClH/c18-11-5-6-20(9-11)12-1-2-13-10(7-12)8-21(17(13)24)14-3-4-15(22)19-16(14)23;/h1-2,7,11,14H,3-6,8-9,18H2,(H,19,22,23);1H/t11-,14?;/m1./s1. The summed E-state index contributed by atoms with van der Waals surface area (Å²) in [5.74, 6) is -0.782. The average molecular weight is 365 g/mol. The minimum Gasteiger partial charge on any atom is -0.370 e. The van der Waals surface area contributed by atoms with Crippen molar-refractivity contribution in [1.82, 2.24) is 10.2 Å². The van der Waals surface area contributed by atoms with E-state index in [1.807, 2.05) is 18.2 Å². The number of rotatable bonds is 2. The second-order valence-electron chi connectivity index (χ2n) is 6.74. The maximum absolute atomic E-state index is 12.6. The van der Waals surface area contributed by atoms with E-state index in [1.54, 1.807) is 4.90 Å². The Labute approximate surface area is 151 Å². The van der Waals surface area contributed by atoms with E-state index in [2.05, 4.69) is 10.2 Å². The van der Waals surface area contributed by atoms with Gasteiger partial charge in [-0.25, -0.2) is 0 Å². The molecule has 0 spiro atoms. The molecule has 1 aromatic rings. The van der Waals surface area contributed by atoms with Crippen LogP contribution in [0, 0.1) is 0 Å². The van der Waals surface area contributed by atoms with Crippen molar-refractivity contribution in [2.24, 2.45) is 5.73 Å². The van der Waals surface area contributed by atoms with E-state index in [0.29, 0.717) is 18.5 Å². The number of fused-ring (bicyclic) bond motifs is 1. The SMILES string of the molecule is Cl.N[C@@H]1CCN(c2ccc3c(c2)CN(C2CCC(=O)NC2=O)C3=O)C1. The third-order valence-corrected chi connectivity index (χ3v) is 5.10. The molecule has 3 amide bonds. The van der Waals surface area contributed by atoms with Gasteiger partial charge in [-0.1, -0.05) is 0 Å². The maximum atomic E-state index is 12.6. The smallest absolute Gasteiger partial charge is 0.255 e. The number of halogens is 1. The highest BCUT2D eigenvalue weighted by Crippen LogP contribution is 2.31. The molecule has 2 atom stereocenters. The second-order valence-corrected chi connectivity index (χ2v) is 6.74. The van der Waals surface area contributed by atoms with Crippen LogP contribution in [0.3, 0.4) is 0 Å². The Morgan fingerprint density at radius 2 is 1.96 bits per heavy atom. The van der Waals surface area contributed by atoms with Crippen LogP contribution in [0.5, 0.6) is 0 Å². The zero-order chi connectivity index (χ0) is 16.8. The van der Waals surface area contributed by atoms with E-state index in [4.69, 9.17) is 5.73 Å². The lowest BCUT2D eigenvalue weighted by molar-refractivity contribution is -0.136. The van der Waals surface area contributed by atoms with Crippen LogP contribution in [0.25, 0.3) is 0 Å². The summed E-state index contributed by atoms with van der Waals surface area (Å²) in [7, 11) is 0. The Bertz CT molecular complexity index is 739. The number of hydrogen-bond acceptors (Lipinski definition) is 5. The molecule has 1 aromatic carbocycles. The van der Waals surface area contributed by atoms with Gasteiger partial charge in [-0.05, 0) is 36.6 Å². The molecule has 8 heteroatoms. The van der Waals surface area contributed by atoms with Crippen molar-refractivity contribution in [3.8, 4) is 0 Å². The van der Waals surface area contributed by atoms with Crippen molar-refractivity contribution in [3.63, 3.8) is 0 Å². The summed E-state index contributed by atoms with van der Waals surface area (Å²) in [5, 5.41) is 2.32. The molecule has 2 fully saturated rings. The molecule has 2 saturated heterocycles. The lowest BCUT2D eigenvalue weighted by Crippen LogP contribution is -2.52. The molecule has 25 heavy (non-hydrogen) atoms. The monoisotopic (exact) mass is 364 g/mol. The summed E-state index contributed by atoms with van der Waals surface area (Å²) in [6.07, 6.45) is 1.63. The Morgan fingerprint density at radius 1 is 1.16 bits per heavy atom. The molecule has 7 nitrogen and oxygen atoms in total. The largest absolute Gasteiger partial charge is 0.370 e. The molecule has 3 heterocycles. The van der Waals surface area contributed by atoms with E-state index < -0.39 is 6.04 Å². The van der Waals surface area contributed by atoms with E-state index in [0.717, 1.165) is 30.8 Å². The van der Waals surface area contributed by atoms with Crippen LogP contribution in [-0.4, -0.2) is 47.8 Å². The molecule has 134 valence electrons. The first kappa shape index (κ1) is 17.7. The number of nitrogens with two attached hydrogens (primary N) is 1. The fraction of sp³-hybridized carbons (Fsp3) is 0.471. The van der Waals surface area contributed by atoms with Gasteiger partial charge in [0.1, 0.15) is 6.04 Å². The van der Waals surface area contributed by atoms with Crippen molar-refractivity contribution in [2.75, 3.05) is 18.0 Å². The van der Waals surface area contributed by atoms with E-state index >= 15 is 0 Å². The first-order valence-corrected chi connectivity index (χ1v) is 8.31. The average Bonchev–Trinajstić information content (AvgIpc) is 3.11. The molecule has 3 N–H and O–H groups in total. The van der Waals surface area contributed by atoms with Gasteiger partial charge in [0.15, 0.2) is 0 Å². The van der Waals surface area contributed by atoms with Crippen LogP contribution in [0.15, 0.2) is 18.2 Å². The fourth-order valence-electron chi connectivity index (χ4n) is 3.78. The molecular formula is C17H21ClN4O3. The van der Waals surface area contributed by atoms with Crippen molar-refractivity contribution >= 4 is 35.8 Å². The number of piperidine rings is 1. The minimum atomic E-state index is -0.564. The van der Waals surface area contributed by atoms with Gasteiger partial charge < -0.3 is 15.5 Å². The van der Waals surface area contributed by atoms with E-state index in [9.17, 15) is 14.4 Å². The summed E-state index contributed by atoms with van der Waals surface area (Å²) in [6.45, 7) is 2.16. The zero-order valence-corrected chi connectivity index (χ0v) is 14.6. The topological polar surface area (TPSA) is 95.7 Å². The van der Waals surface area contributed by atoms with Gasteiger partial charge in [0.25, 0.3) is 5.91 Å². The van der Waals surface area contributed by atoms with Crippen molar-refractivity contribution in [3.05, 3.63) is 29.3 Å². The van der Waals surface area contributed by atoms with Crippen LogP contribution < -0.4 is 16.0 Å². The molecule has 0 radical (unpaired) electrons. The van der Waals surface area contributed by atoms with Crippen LogP contribution >= 0.6 is 12.4 Å². The molecular weight excluding hydrogens is 344 g/mol. The van der Waals surface area contributed by atoms with Gasteiger partial charge >= 0.3 is 0 Å². The van der Waals surface area contributed by atoms with Gasteiger partial charge in [0.2, 0.25) is 11.8 Å². The number of carbonyl (C=O) groups excluding carboxylic acids is 3. The third-order valence-electron chi connectivity index (χ3n) is 5.10. The van der Waals surface area contributed by atoms with Crippen molar-refractivity contribution in [1.29, 1.82) is 0 Å². The maximum Gasteiger partial charge on any atom is 0.255 e. The summed E-state index contributed by atoms with van der Waals surface area (Å²) in [6, 6.07) is 5.44. The normalized spacial score (nSPS) is 25.7. The third kappa shape index (κ3) is 3.09. The molecule has 3 aliphatic rings. The number of imide groups is 1. The molecule has 3 aliphatic heterocycles. The number of amides is 3. The van der Waals surface area contributed by atoms with Crippen LogP contribution in [0.1, 0.15) is 35.2 Å². The summed E-state index contributed by atoms with van der Waals surface area (Å²) in [5.41, 5.74) is 8.61. The van der Waals surface area contributed by atoms with Gasteiger partial charge in [0, 0.05) is 43.3 Å². The van der Waals surface area contributed by atoms with E-state index in [-0.39, 0.29) is 42.6 Å². The van der Waals surface area contributed by atoms with Gasteiger partial charge in [-0.15, -0.1) is 12.4 Å². The number of hydrogen-bond donors (Lipinski definition) is 2. The van der Waals surface area contributed by atoms with Crippen LogP contribution in [-0.2, 0) is 16.1 Å². The fourth-order valence-corrected chi connectivity index (χ4v) is 3.78. The molecule has 1 unspecified atom stereocenters. The molecule has 4 rings (SSSR count). The Morgan fingerprint density at radius 3 is 2.64 bits per heavy atom. The number of nitrogens with zero attached hydrogens (tertiary/aromatic N) is 2. The van der Waals surface area contributed by atoms with Crippen LogP contribution in [0.2, 0.25) is 0 Å². The predicted molar refractivity (Wildman–Crippen MR) is 94.5 cm³/mol. The minimum absolute atomic E-state index is 0. The Balaban J connectivity index is 0.00000182. The summed E-state index contributed by atoms with van der Waals surface area (Å²) >= 11 is 0. The molecule has 0 bridgehead atoms. The molecule has 0 aromatic heterocycles. The number of nitrogens with one attached hydrogen (secondary N) is 1. The molecule has 0 aliphatic carbocycles. The van der Waals surface area contributed by atoms with E-state index in [1.165, 1.54) is 0 Å². The second kappa shape index (κ2) is 6.65. The highest BCUT2D eigenvalue weighted by molar-refractivity contribution is 6.05. The van der Waals surface area contributed by atoms with Gasteiger partial charge in [0.05, 0.1) is 0 Å². The lowest BCUT2D eigenvalue weighted by atomic mass is 10.0. The number of benzene rings is 1. The van der Waals surface area contributed by atoms with Crippen LogP contribution in [0.4, 0.5) is 5.69 Å². The first-order valence-electron chi connectivity index (χ1n) is 8.31. The Kier molecular flexibility index (Phi) is 4.71. The first-order chi connectivity index (χ1) is 11.5. The van der Waals surface area contributed by atoms with Crippen molar-refractivity contribution < 1.29 is 14.4 Å². The summed E-state index contributed by atoms with van der Waals surface area (Å²) in [4.78, 5) is 39.8. The van der Waals surface area contributed by atoms with Gasteiger partial charge in [-0.2, -0.15) is 0 Å². The van der Waals surface area contributed by atoms with Crippen molar-refractivity contribution in [2.45, 2.75) is 37.9 Å².